The van der Waals surface area contributed by atoms with Gasteiger partial charge in [0.2, 0.25) is 0 Å². The fourth-order valence-corrected chi connectivity index (χ4v) is 5.15. The third kappa shape index (κ3) is 1.66. The predicted octanol–water partition coefficient (Wildman–Crippen LogP) is 0.886. The van der Waals surface area contributed by atoms with Crippen LogP contribution >= 0.6 is 0 Å². The lowest BCUT2D eigenvalue weighted by Gasteiger charge is -2.59. The maximum Gasteiger partial charge on any atom is 0.177 e. The van der Waals surface area contributed by atoms with Gasteiger partial charge in [0.1, 0.15) is 0 Å². The van der Waals surface area contributed by atoms with Crippen LogP contribution in [0.1, 0.15) is 38.5 Å². The molecule has 4 N–H and O–H groups in total. The van der Waals surface area contributed by atoms with Gasteiger partial charge >= 0.3 is 0 Å². The third-order valence-electron chi connectivity index (χ3n) is 5.69. The van der Waals surface area contributed by atoms with Gasteiger partial charge in [-0.1, -0.05) is 0 Å². The van der Waals surface area contributed by atoms with Crippen molar-refractivity contribution in [1.29, 1.82) is 0 Å². The number of nitrogens with zero attached hydrogens (tertiary/aromatic N) is 4. The Morgan fingerprint density at radius 3 is 1.90 bits per heavy atom. The van der Waals surface area contributed by atoms with Gasteiger partial charge in [0.25, 0.3) is 0 Å². The van der Waals surface area contributed by atoms with E-state index in [0.717, 1.165) is 17.8 Å². The molecule has 6 nitrogen and oxygen atoms in total. The SMILES string of the molecule is CN(N=C1C(N)=NN=C1N)C12CC3CC(CC(C3)C1)C2. The van der Waals surface area contributed by atoms with Crippen LogP contribution in [0.3, 0.4) is 0 Å². The average molecular weight is 274 g/mol. The van der Waals surface area contributed by atoms with Gasteiger partial charge in [-0.2, -0.15) is 5.10 Å². The van der Waals surface area contributed by atoms with E-state index in [0.29, 0.717) is 17.4 Å². The van der Waals surface area contributed by atoms with E-state index in [1.807, 2.05) is 0 Å². The Bertz CT molecular complexity index is 476. The van der Waals surface area contributed by atoms with Crippen molar-refractivity contribution in [1.82, 2.24) is 5.01 Å². The summed E-state index contributed by atoms with van der Waals surface area (Å²) in [6.07, 6.45) is 8.08. The average Bonchev–Trinajstić information content (AvgIpc) is 2.69. The number of hydrogen-bond acceptors (Lipinski definition) is 6. The number of nitrogens with two attached hydrogens (primary N) is 2. The van der Waals surface area contributed by atoms with Crippen LogP contribution in [-0.2, 0) is 0 Å². The van der Waals surface area contributed by atoms with E-state index in [4.69, 9.17) is 11.5 Å². The van der Waals surface area contributed by atoms with Gasteiger partial charge in [-0.3, -0.25) is 5.01 Å². The first-order valence-corrected chi connectivity index (χ1v) is 7.55. The third-order valence-corrected chi connectivity index (χ3v) is 5.69. The largest absolute Gasteiger partial charge is 0.380 e. The first kappa shape index (κ1) is 12.2. The maximum atomic E-state index is 5.81. The molecule has 4 saturated carbocycles. The molecule has 5 rings (SSSR count). The summed E-state index contributed by atoms with van der Waals surface area (Å²) in [5.74, 6) is 3.34. The highest BCUT2D eigenvalue weighted by Crippen LogP contribution is 2.57. The van der Waals surface area contributed by atoms with Crippen molar-refractivity contribution in [2.75, 3.05) is 7.05 Å². The summed E-state index contributed by atoms with van der Waals surface area (Å²) in [6.45, 7) is 0. The van der Waals surface area contributed by atoms with E-state index >= 15 is 0 Å². The first-order chi connectivity index (χ1) is 9.56. The van der Waals surface area contributed by atoms with Gasteiger partial charge < -0.3 is 11.5 Å². The zero-order valence-electron chi connectivity index (χ0n) is 11.9. The van der Waals surface area contributed by atoms with Gasteiger partial charge in [-0.15, -0.1) is 10.2 Å². The fraction of sp³-hybridized carbons (Fsp3) is 0.786. The van der Waals surface area contributed by atoms with E-state index < -0.39 is 0 Å². The van der Waals surface area contributed by atoms with Crippen molar-refractivity contribution >= 4 is 17.4 Å². The van der Waals surface area contributed by atoms with Crippen molar-refractivity contribution < 1.29 is 0 Å². The van der Waals surface area contributed by atoms with Crippen LogP contribution in [0.5, 0.6) is 0 Å². The van der Waals surface area contributed by atoms with Crippen LogP contribution in [0.2, 0.25) is 0 Å². The van der Waals surface area contributed by atoms with Crippen LogP contribution in [0, 0.1) is 17.8 Å². The second-order valence-electron chi connectivity index (χ2n) is 7.08. The minimum Gasteiger partial charge on any atom is -0.380 e. The number of hydrazone groups is 1. The quantitative estimate of drug-likeness (QED) is 0.732. The molecular formula is C14H22N6. The van der Waals surface area contributed by atoms with Gasteiger partial charge in [-0.05, 0) is 56.3 Å². The highest BCUT2D eigenvalue weighted by molar-refractivity contribution is 6.68. The number of amidine groups is 2. The molecule has 20 heavy (non-hydrogen) atoms. The van der Waals surface area contributed by atoms with Crippen molar-refractivity contribution in [3.63, 3.8) is 0 Å². The lowest BCUT2D eigenvalue weighted by Crippen LogP contribution is -2.57. The molecule has 0 aromatic rings. The Morgan fingerprint density at radius 1 is 1.00 bits per heavy atom. The molecule has 0 aromatic heterocycles. The van der Waals surface area contributed by atoms with E-state index in [-0.39, 0.29) is 5.54 Å². The maximum absolute atomic E-state index is 5.81. The Kier molecular flexibility index (Phi) is 2.41. The number of hydrogen-bond donors (Lipinski definition) is 2. The molecule has 0 atom stereocenters. The zero-order chi connectivity index (χ0) is 13.9. The second-order valence-corrected chi connectivity index (χ2v) is 7.08. The first-order valence-electron chi connectivity index (χ1n) is 7.55. The molecule has 0 saturated heterocycles. The Labute approximate surface area is 119 Å². The smallest absolute Gasteiger partial charge is 0.177 e. The minimum atomic E-state index is 0.213. The summed E-state index contributed by atoms with van der Waals surface area (Å²) in [7, 11) is 2.07. The lowest BCUT2D eigenvalue weighted by atomic mass is 9.53. The molecular weight excluding hydrogens is 252 g/mol. The minimum absolute atomic E-state index is 0.213. The van der Waals surface area contributed by atoms with Crippen LogP contribution in [-0.4, -0.2) is 35.0 Å². The van der Waals surface area contributed by atoms with Crippen molar-refractivity contribution in [3.8, 4) is 0 Å². The van der Waals surface area contributed by atoms with Crippen LogP contribution in [0.25, 0.3) is 0 Å². The van der Waals surface area contributed by atoms with E-state index in [9.17, 15) is 0 Å². The molecule has 108 valence electrons. The normalized spacial score (nSPS) is 41.6. The van der Waals surface area contributed by atoms with Gasteiger partial charge in [-0.25, -0.2) is 0 Å². The van der Waals surface area contributed by atoms with Crippen LogP contribution in [0.4, 0.5) is 0 Å². The zero-order valence-corrected chi connectivity index (χ0v) is 11.9. The van der Waals surface area contributed by atoms with Crippen molar-refractivity contribution in [3.05, 3.63) is 0 Å². The van der Waals surface area contributed by atoms with Crippen molar-refractivity contribution in [2.45, 2.75) is 44.1 Å². The molecule has 5 aliphatic rings. The van der Waals surface area contributed by atoms with E-state index in [1.165, 1.54) is 38.5 Å². The molecule has 0 radical (unpaired) electrons. The lowest BCUT2D eigenvalue weighted by molar-refractivity contribution is -0.0783. The van der Waals surface area contributed by atoms with Crippen molar-refractivity contribution in [2.24, 2.45) is 44.5 Å². The van der Waals surface area contributed by atoms with Gasteiger partial charge in [0, 0.05) is 7.05 Å². The molecule has 4 aliphatic carbocycles. The molecule has 4 bridgehead atoms. The van der Waals surface area contributed by atoms with Gasteiger partial charge in [0.05, 0.1) is 5.54 Å². The van der Waals surface area contributed by atoms with Gasteiger partial charge in [0.15, 0.2) is 17.4 Å². The molecule has 4 fully saturated rings. The predicted molar refractivity (Wildman–Crippen MR) is 79.3 cm³/mol. The highest BCUT2D eigenvalue weighted by atomic mass is 15.5. The fourth-order valence-electron chi connectivity index (χ4n) is 5.15. The standard InChI is InChI=1S/C14H22N6/c1-20(19-11-12(15)17-18-13(11)16)14-5-8-2-9(6-14)4-10(3-8)7-14/h8-10H,2-7H2,1H3,(H4,15,16,17,18,19). The monoisotopic (exact) mass is 274 g/mol. The Morgan fingerprint density at radius 2 is 1.45 bits per heavy atom. The molecule has 6 heteroatoms. The molecule has 0 spiro atoms. The molecule has 0 unspecified atom stereocenters. The molecule has 0 amide bonds. The number of rotatable bonds is 2. The van der Waals surface area contributed by atoms with E-state index in [2.05, 4.69) is 27.4 Å². The Balaban J connectivity index is 1.63. The molecule has 1 heterocycles. The summed E-state index contributed by atoms with van der Waals surface area (Å²) >= 11 is 0. The second kappa shape index (κ2) is 3.96. The topological polar surface area (TPSA) is 92.4 Å². The summed E-state index contributed by atoms with van der Waals surface area (Å²) in [4.78, 5) is 0. The molecule has 0 aromatic carbocycles. The summed E-state index contributed by atoms with van der Waals surface area (Å²) < 4.78 is 0. The van der Waals surface area contributed by atoms with Crippen LogP contribution < -0.4 is 11.5 Å². The molecule has 1 aliphatic heterocycles. The van der Waals surface area contributed by atoms with E-state index in [1.54, 1.807) is 0 Å². The summed E-state index contributed by atoms with van der Waals surface area (Å²) in [6, 6.07) is 0. The highest BCUT2D eigenvalue weighted by Gasteiger charge is 2.53. The summed E-state index contributed by atoms with van der Waals surface area (Å²) in [5, 5.41) is 14.4. The summed E-state index contributed by atoms with van der Waals surface area (Å²) in [5.41, 5.74) is 12.4. The van der Waals surface area contributed by atoms with Crippen LogP contribution in [0.15, 0.2) is 15.3 Å². The Hall–Kier alpha value is -1.59.